The third-order valence-electron chi connectivity index (χ3n) is 6.47. The van der Waals surface area contributed by atoms with Crippen molar-refractivity contribution in [1.82, 2.24) is 24.8 Å². The van der Waals surface area contributed by atoms with Crippen molar-refractivity contribution in [1.29, 1.82) is 0 Å². The second-order valence-electron chi connectivity index (χ2n) is 8.51. The number of likely N-dealkylation sites (N-methyl/N-ethyl adjacent to an activating group) is 1. The Kier molecular flexibility index (Phi) is 6.89. The summed E-state index contributed by atoms with van der Waals surface area (Å²) < 4.78 is 0. The van der Waals surface area contributed by atoms with Gasteiger partial charge in [0.05, 0.1) is 12.7 Å². The summed E-state index contributed by atoms with van der Waals surface area (Å²) in [6.45, 7) is 2.43. The highest BCUT2D eigenvalue weighted by Crippen LogP contribution is 2.28. The lowest BCUT2D eigenvalue weighted by atomic mass is 9.92. The van der Waals surface area contributed by atoms with Crippen molar-refractivity contribution in [2.24, 2.45) is 0 Å². The summed E-state index contributed by atoms with van der Waals surface area (Å²) in [5, 5.41) is 3.22. The second kappa shape index (κ2) is 9.98. The van der Waals surface area contributed by atoms with Crippen LogP contribution in [0.1, 0.15) is 56.6 Å². The Bertz CT molecular complexity index is 815. The quantitative estimate of drug-likeness (QED) is 0.787. The van der Waals surface area contributed by atoms with Crippen molar-refractivity contribution in [3.8, 4) is 0 Å². The van der Waals surface area contributed by atoms with Crippen molar-refractivity contribution < 1.29 is 4.79 Å². The fourth-order valence-corrected chi connectivity index (χ4v) is 4.60. The maximum Gasteiger partial charge on any atom is 0.236 e. The van der Waals surface area contributed by atoms with Crippen LogP contribution in [-0.2, 0) is 4.79 Å². The smallest absolute Gasteiger partial charge is 0.236 e. The first-order valence-electron chi connectivity index (χ1n) is 11.2. The highest BCUT2D eigenvalue weighted by atomic mass is 16.2. The Morgan fingerprint density at radius 1 is 1.10 bits per heavy atom. The molecule has 3 heterocycles. The summed E-state index contributed by atoms with van der Waals surface area (Å²) in [4.78, 5) is 30.2. The lowest BCUT2D eigenvalue weighted by Crippen LogP contribution is -2.45. The largest absolute Gasteiger partial charge is 0.342 e. The molecule has 160 valence electrons. The van der Waals surface area contributed by atoms with E-state index < -0.39 is 0 Å². The molecular weight excluding hydrogens is 376 g/mol. The van der Waals surface area contributed by atoms with Crippen LogP contribution in [0.3, 0.4) is 0 Å². The first-order valence-corrected chi connectivity index (χ1v) is 11.2. The highest BCUT2D eigenvalue weighted by molar-refractivity contribution is 5.78. The van der Waals surface area contributed by atoms with Gasteiger partial charge in [-0.05, 0) is 50.9 Å². The molecule has 0 unspecified atom stereocenters. The van der Waals surface area contributed by atoms with Crippen molar-refractivity contribution in [3.63, 3.8) is 0 Å². The number of hydrogen-bond donors (Lipinski definition) is 1. The van der Waals surface area contributed by atoms with E-state index in [9.17, 15) is 4.79 Å². The number of likely N-dealkylation sites (tertiary alicyclic amines) is 1. The number of anilines is 2. The maximum absolute atomic E-state index is 12.7. The van der Waals surface area contributed by atoms with Gasteiger partial charge in [-0.15, -0.1) is 0 Å². The molecule has 1 saturated carbocycles. The number of nitrogens with zero attached hydrogens (tertiary/aromatic N) is 5. The van der Waals surface area contributed by atoms with Gasteiger partial charge in [-0.3, -0.25) is 14.7 Å². The summed E-state index contributed by atoms with van der Waals surface area (Å²) in [5.74, 6) is 2.18. The van der Waals surface area contributed by atoms with E-state index in [4.69, 9.17) is 4.98 Å². The topological polar surface area (TPSA) is 74.2 Å². The summed E-state index contributed by atoms with van der Waals surface area (Å²) in [6, 6.07) is 6.53. The predicted molar refractivity (Wildman–Crippen MR) is 118 cm³/mol. The molecule has 7 heteroatoms. The fourth-order valence-electron chi connectivity index (χ4n) is 4.60. The summed E-state index contributed by atoms with van der Waals surface area (Å²) in [6.07, 6.45) is 13.2. The molecule has 30 heavy (non-hydrogen) atoms. The van der Waals surface area contributed by atoms with Gasteiger partial charge in [0.1, 0.15) is 11.6 Å². The van der Waals surface area contributed by atoms with Crippen molar-refractivity contribution in [3.05, 3.63) is 42.5 Å². The van der Waals surface area contributed by atoms with E-state index in [1.807, 2.05) is 24.1 Å². The van der Waals surface area contributed by atoms with Crippen LogP contribution >= 0.6 is 0 Å². The Morgan fingerprint density at radius 2 is 1.90 bits per heavy atom. The minimum Gasteiger partial charge on any atom is -0.342 e. The van der Waals surface area contributed by atoms with Crippen LogP contribution in [-0.4, -0.2) is 63.4 Å². The number of pyridine rings is 1. The third-order valence-corrected chi connectivity index (χ3v) is 6.47. The lowest BCUT2D eigenvalue weighted by Gasteiger charge is -2.35. The van der Waals surface area contributed by atoms with Gasteiger partial charge < -0.3 is 10.2 Å². The Labute approximate surface area is 178 Å². The Balaban J connectivity index is 1.28. The van der Waals surface area contributed by atoms with Crippen LogP contribution in [0.2, 0.25) is 0 Å². The van der Waals surface area contributed by atoms with Crippen LogP contribution in [0.25, 0.3) is 0 Å². The molecule has 0 bridgehead atoms. The maximum atomic E-state index is 12.7. The monoisotopic (exact) mass is 408 g/mol. The van der Waals surface area contributed by atoms with E-state index in [2.05, 4.69) is 26.3 Å². The average molecular weight is 409 g/mol. The zero-order valence-corrected chi connectivity index (χ0v) is 17.8. The molecule has 2 aromatic heterocycles. The van der Waals surface area contributed by atoms with E-state index in [1.54, 1.807) is 18.6 Å². The summed E-state index contributed by atoms with van der Waals surface area (Å²) >= 11 is 0. The average Bonchev–Trinajstić information content (AvgIpc) is 2.80. The standard InChI is InChI=1S/C23H32N6O/c1-28(19-6-3-2-4-7-19)23(30)17-29-14-10-18(11-15-29)20-8-5-9-21(26-20)27-22-16-24-12-13-25-22/h5,8-9,12-13,16,18-19H,2-4,6-7,10-11,14-15,17H2,1H3,(H,25,26,27). The van der Waals surface area contributed by atoms with E-state index in [0.717, 1.165) is 50.3 Å². The number of carbonyl (C=O) groups is 1. The number of aromatic nitrogens is 3. The van der Waals surface area contributed by atoms with Crippen molar-refractivity contribution >= 4 is 17.5 Å². The van der Waals surface area contributed by atoms with Gasteiger partial charge in [0, 0.05) is 37.1 Å². The van der Waals surface area contributed by atoms with Gasteiger partial charge in [0.25, 0.3) is 0 Å². The third kappa shape index (κ3) is 5.33. The molecule has 1 aliphatic heterocycles. The van der Waals surface area contributed by atoms with E-state index in [0.29, 0.717) is 24.3 Å². The SMILES string of the molecule is CN(C(=O)CN1CCC(c2cccc(Nc3cnccn3)n2)CC1)C1CCCCC1. The number of piperidine rings is 1. The van der Waals surface area contributed by atoms with Gasteiger partial charge >= 0.3 is 0 Å². The molecule has 0 spiro atoms. The Hall–Kier alpha value is -2.54. The highest BCUT2D eigenvalue weighted by Gasteiger charge is 2.26. The normalized spacial score (nSPS) is 18.8. The van der Waals surface area contributed by atoms with E-state index >= 15 is 0 Å². The second-order valence-corrected chi connectivity index (χ2v) is 8.51. The number of nitrogens with one attached hydrogen (secondary N) is 1. The number of amides is 1. The van der Waals surface area contributed by atoms with Crippen LogP contribution in [0, 0.1) is 0 Å². The fraction of sp³-hybridized carbons (Fsp3) is 0.565. The first kappa shape index (κ1) is 20.7. The van der Waals surface area contributed by atoms with Crippen LogP contribution in [0.15, 0.2) is 36.8 Å². The van der Waals surface area contributed by atoms with Crippen molar-refractivity contribution in [2.75, 3.05) is 32.0 Å². The first-order chi connectivity index (χ1) is 14.7. The summed E-state index contributed by atoms with van der Waals surface area (Å²) in [5.41, 5.74) is 1.11. The van der Waals surface area contributed by atoms with Gasteiger partial charge in [-0.25, -0.2) is 9.97 Å². The van der Waals surface area contributed by atoms with Crippen LogP contribution in [0.4, 0.5) is 11.6 Å². The zero-order valence-electron chi connectivity index (χ0n) is 17.8. The van der Waals surface area contributed by atoms with E-state index in [1.165, 1.54) is 19.3 Å². The molecule has 2 aliphatic rings. The zero-order chi connectivity index (χ0) is 20.8. The van der Waals surface area contributed by atoms with Gasteiger partial charge in [-0.1, -0.05) is 25.3 Å². The lowest BCUT2D eigenvalue weighted by molar-refractivity contribution is -0.134. The molecule has 2 fully saturated rings. The van der Waals surface area contributed by atoms with Gasteiger partial charge in [-0.2, -0.15) is 0 Å². The summed E-state index contributed by atoms with van der Waals surface area (Å²) in [7, 11) is 1.99. The molecule has 0 atom stereocenters. The molecular formula is C23H32N6O. The molecule has 0 radical (unpaired) electrons. The molecule has 1 N–H and O–H groups in total. The van der Waals surface area contributed by atoms with Gasteiger partial charge in [0.2, 0.25) is 5.91 Å². The minimum absolute atomic E-state index is 0.272. The number of rotatable bonds is 6. The number of carbonyl (C=O) groups excluding carboxylic acids is 1. The molecule has 1 aliphatic carbocycles. The molecule has 1 saturated heterocycles. The van der Waals surface area contributed by atoms with Crippen LogP contribution < -0.4 is 5.32 Å². The van der Waals surface area contributed by atoms with E-state index in [-0.39, 0.29) is 5.91 Å². The van der Waals surface area contributed by atoms with Gasteiger partial charge in [0.15, 0.2) is 0 Å². The molecule has 7 nitrogen and oxygen atoms in total. The van der Waals surface area contributed by atoms with Crippen molar-refractivity contribution in [2.45, 2.75) is 56.9 Å². The molecule has 4 rings (SSSR count). The molecule has 0 aromatic carbocycles. The molecule has 1 amide bonds. The predicted octanol–water partition coefficient (Wildman–Crippen LogP) is 3.59. The van der Waals surface area contributed by atoms with Crippen LogP contribution in [0.5, 0.6) is 0 Å². The molecule has 2 aromatic rings. The minimum atomic E-state index is 0.272. The Morgan fingerprint density at radius 3 is 2.63 bits per heavy atom. The number of hydrogen-bond acceptors (Lipinski definition) is 6.